The Kier molecular flexibility index (Phi) is 21.7. The number of thiol groups is 1. The van der Waals surface area contributed by atoms with Crippen LogP contribution in [0.3, 0.4) is 0 Å². The van der Waals surface area contributed by atoms with Gasteiger partial charge in [0.1, 0.15) is 12.1 Å². The molecule has 0 radical (unpaired) electrons. The minimum absolute atomic E-state index is 0.00389. The van der Waals surface area contributed by atoms with Crippen molar-refractivity contribution >= 4 is 71.8 Å². The fraction of sp³-hybridized carbons (Fsp3) is 0.714. The number of hydrogen-bond acceptors (Lipinski definition) is 12. The molecule has 1 heterocycles. The van der Waals surface area contributed by atoms with Gasteiger partial charge < -0.3 is 47.4 Å². The first-order valence-corrected chi connectivity index (χ1v) is 17.3. The van der Waals surface area contributed by atoms with E-state index < -0.39 is 58.8 Å². The van der Waals surface area contributed by atoms with E-state index in [-0.39, 0.29) is 76.7 Å². The molecule has 0 bridgehead atoms. The molecule has 3 atom stereocenters. The fourth-order valence-corrected chi connectivity index (χ4v) is 5.62. The number of hydrogen-bond donors (Lipinski definition) is 10. The van der Waals surface area contributed by atoms with E-state index >= 15 is 0 Å². The quantitative estimate of drug-likeness (QED) is 0.0264. The minimum atomic E-state index is -0.989. The van der Waals surface area contributed by atoms with Gasteiger partial charge in [0.15, 0.2) is 0 Å². The summed E-state index contributed by atoms with van der Waals surface area (Å²) in [7, 11) is 0. The van der Waals surface area contributed by atoms with Crippen LogP contribution < -0.4 is 37.2 Å². The number of urea groups is 1. The molecular formula is C28H48N8O10S2. The largest absolute Gasteiger partial charge is 0.395 e. The van der Waals surface area contributed by atoms with E-state index in [0.717, 1.165) is 16.7 Å². The highest BCUT2D eigenvalue weighted by Crippen LogP contribution is 2.26. The van der Waals surface area contributed by atoms with Crippen LogP contribution >= 0.6 is 24.4 Å². The molecule has 20 heteroatoms. The zero-order valence-electron chi connectivity index (χ0n) is 27.0. The third kappa shape index (κ3) is 17.5. The number of nitrogens with zero attached hydrogens (tertiary/aromatic N) is 1. The van der Waals surface area contributed by atoms with Gasteiger partial charge in [-0.25, -0.2) is 4.79 Å². The Morgan fingerprint density at radius 3 is 2.08 bits per heavy atom. The molecular weight excluding hydrogens is 672 g/mol. The number of unbranched alkanes of at least 4 members (excludes halogenated alkanes) is 1. The van der Waals surface area contributed by atoms with Crippen molar-refractivity contribution in [2.24, 2.45) is 0 Å². The van der Waals surface area contributed by atoms with Crippen molar-refractivity contribution in [1.29, 1.82) is 0 Å². The van der Waals surface area contributed by atoms with Gasteiger partial charge in [0.2, 0.25) is 41.4 Å². The molecule has 1 aliphatic rings. The molecule has 0 aromatic heterocycles. The Morgan fingerprint density at radius 2 is 1.46 bits per heavy atom. The van der Waals surface area contributed by atoms with Crippen LogP contribution in [0.4, 0.5) is 4.79 Å². The lowest BCUT2D eigenvalue weighted by Gasteiger charge is -2.20. The monoisotopic (exact) mass is 720 g/mol. The summed E-state index contributed by atoms with van der Waals surface area (Å²) in [6, 6.07) is -2.34. The highest BCUT2D eigenvalue weighted by Gasteiger charge is 2.39. The molecule has 48 heavy (non-hydrogen) atoms. The van der Waals surface area contributed by atoms with Crippen molar-refractivity contribution < 1.29 is 48.6 Å². The number of imide groups is 1. The molecule has 0 aromatic rings. The summed E-state index contributed by atoms with van der Waals surface area (Å²) in [5, 5.41) is 35.0. The Balaban J connectivity index is 2.56. The number of carbonyl (C=O) groups excluding carboxylic acids is 8. The molecule has 1 rings (SSSR count). The molecule has 272 valence electrons. The normalized spacial score (nSPS) is 15.2. The lowest BCUT2D eigenvalue weighted by atomic mass is 10.1. The Hall–Kier alpha value is -3.62. The zero-order chi connectivity index (χ0) is 35.9. The third-order valence-electron chi connectivity index (χ3n) is 6.67. The summed E-state index contributed by atoms with van der Waals surface area (Å²) in [5.41, 5.74) is 0. The predicted octanol–water partition coefficient (Wildman–Crippen LogP) is -3.65. The van der Waals surface area contributed by atoms with Gasteiger partial charge >= 0.3 is 6.03 Å². The van der Waals surface area contributed by atoms with E-state index in [1.165, 1.54) is 6.92 Å². The van der Waals surface area contributed by atoms with Crippen LogP contribution in [0.25, 0.3) is 0 Å². The van der Waals surface area contributed by atoms with Crippen molar-refractivity contribution in [1.82, 2.24) is 42.1 Å². The van der Waals surface area contributed by atoms with Crippen molar-refractivity contribution in [3.8, 4) is 0 Å². The third-order valence-corrected chi connectivity index (χ3v) is 8.19. The summed E-state index contributed by atoms with van der Waals surface area (Å²) in [6.07, 6.45) is 0.810. The predicted molar refractivity (Wildman–Crippen MR) is 179 cm³/mol. The van der Waals surface area contributed by atoms with Crippen LogP contribution in [-0.2, 0) is 33.6 Å². The number of aliphatic hydroxyl groups excluding tert-OH is 2. The van der Waals surface area contributed by atoms with Gasteiger partial charge in [-0.3, -0.25) is 38.5 Å². The van der Waals surface area contributed by atoms with Gasteiger partial charge in [0, 0.05) is 77.0 Å². The highest BCUT2D eigenvalue weighted by molar-refractivity contribution is 8.00. The van der Waals surface area contributed by atoms with Gasteiger partial charge in [-0.15, -0.1) is 11.8 Å². The minimum Gasteiger partial charge on any atom is -0.395 e. The first-order chi connectivity index (χ1) is 22.9. The Morgan fingerprint density at radius 1 is 0.812 bits per heavy atom. The van der Waals surface area contributed by atoms with Gasteiger partial charge in [-0.2, -0.15) is 12.6 Å². The van der Waals surface area contributed by atoms with Crippen LogP contribution in [0, 0.1) is 0 Å². The summed E-state index contributed by atoms with van der Waals surface area (Å²) in [5.74, 6) is -2.94. The topological polar surface area (TPSA) is 264 Å². The van der Waals surface area contributed by atoms with Gasteiger partial charge in [-0.05, 0) is 19.3 Å². The molecule has 3 unspecified atom stereocenters. The smallest absolute Gasteiger partial charge is 0.314 e. The standard InChI is InChI=1S/C28H48N8O10S2/c1-18(39)34-20(26(44)31-10-14-38)17-48-21-16-24(42)36(27(21)45)12-6-23(41)35-19(25(43)30-9-13-37)4-2-3-7-29-22(40)5-8-32-28(46)33-11-15-47/h19-21,37-38,47H,2-17H2,1H3,(H,29,40)(H,30,43)(H,31,44)(H,34,39)(H,35,41)(H2,32,33,46). The Labute approximate surface area is 288 Å². The molecule has 18 nitrogen and oxygen atoms in total. The van der Waals surface area contributed by atoms with Crippen LogP contribution in [0.1, 0.15) is 45.4 Å². The van der Waals surface area contributed by atoms with Crippen LogP contribution in [0.2, 0.25) is 0 Å². The molecule has 0 aliphatic carbocycles. The summed E-state index contributed by atoms with van der Waals surface area (Å²) < 4.78 is 0. The number of aliphatic hydroxyl groups is 2. The number of nitrogens with one attached hydrogen (secondary N) is 7. The van der Waals surface area contributed by atoms with E-state index in [0.29, 0.717) is 31.7 Å². The first-order valence-electron chi connectivity index (χ1n) is 15.6. The van der Waals surface area contributed by atoms with Crippen molar-refractivity contribution in [2.45, 2.75) is 62.8 Å². The van der Waals surface area contributed by atoms with Gasteiger partial charge in [0.05, 0.1) is 18.5 Å². The molecule has 9 N–H and O–H groups in total. The van der Waals surface area contributed by atoms with Crippen molar-refractivity contribution in [3.63, 3.8) is 0 Å². The molecule has 1 saturated heterocycles. The van der Waals surface area contributed by atoms with E-state index in [1.807, 2.05) is 0 Å². The zero-order valence-corrected chi connectivity index (χ0v) is 28.7. The second-order valence-electron chi connectivity index (χ2n) is 10.6. The maximum absolute atomic E-state index is 12.9. The van der Waals surface area contributed by atoms with Crippen molar-refractivity contribution in [3.05, 3.63) is 0 Å². The van der Waals surface area contributed by atoms with Crippen LogP contribution in [-0.4, -0.2) is 144 Å². The number of carbonyl (C=O) groups is 8. The molecule has 1 fully saturated rings. The second kappa shape index (κ2) is 24.5. The number of rotatable bonds is 24. The average Bonchev–Trinajstić information content (AvgIpc) is 3.32. The number of thioether (sulfide) groups is 1. The van der Waals surface area contributed by atoms with Crippen LogP contribution in [0.15, 0.2) is 0 Å². The van der Waals surface area contributed by atoms with E-state index in [1.54, 1.807) is 0 Å². The molecule has 0 aromatic carbocycles. The van der Waals surface area contributed by atoms with E-state index in [9.17, 15) is 38.4 Å². The summed E-state index contributed by atoms with van der Waals surface area (Å²) >= 11 is 5.00. The summed E-state index contributed by atoms with van der Waals surface area (Å²) in [6.45, 7) is 1.23. The van der Waals surface area contributed by atoms with Gasteiger partial charge in [-0.1, -0.05) is 0 Å². The number of amides is 9. The maximum Gasteiger partial charge on any atom is 0.314 e. The van der Waals surface area contributed by atoms with Crippen LogP contribution in [0.5, 0.6) is 0 Å². The average molecular weight is 721 g/mol. The SMILES string of the molecule is CC(=O)NC(CSC1CC(=O)N(CCC(=O)NC(CCCCNC(=O)CCNC(=O)NCCS)C(=O)NCCO)C1=O)C(=O)NCCO. The van der Waals surface area contributed by atoms with Gasteiger partial charge in [0.25, 0.3) is 0 Å². The number of likely N-dealkylation sites (tertiary alicyclic amines) is 1. The molecule has 9 amide bonds. The second-order valence-corrected chi connectivity index (χ2v) is 12.2. The Bertz CT molecular complexity index is 1120. The fourth-order valence-electron chi connectivity index (χ4n) is 4.32. The lowest BCUT2D eigenvalue weighted by Crippen LogP contribution is -2.48. The summed E-state index contributed by atoms with van der Waals surface area (Å²) in [4.78, 5) is 99.1. The first kappa shape index (κ1) is 42.4. The lowest BCUT2D eigenvalue weighted by molar-refractivity contribution is -0.139. The van der Waals surface area contributed by atoms with Crippen molar-refractivity contribution in [2.75, 3.05) is 64.0 Å². The molecule has 0 spiro atoms. The van der Waals surface area contributed by atoms with E-state index in [4.69, 9.17) is 10.2 Å². The maximum atomic E-state index is 12.9. The molecule has 1 aliphatic heterocycles. The highest BCUT2D eigenvalue weighted by atomic mass is 32.2. The molecule has 0 saturated carbocycles. The van der Waals surface area contributed by atoms with E-state index in [2.05, 4.69) is 49.8 Å².